The van der Waals surface area contributed by atoms with Crippen molar-refractivity contribution in [1.29, 1.82) is 0 Å². The summed E-state index contributed by atoms with van der Waals surface area (Å²) >= 11 is 0. The number of allylic oxidation sites excluding steroid dienone is 1. The molecule has 0 aromatic heterocycles. The summed E-state index contributed by atoms with van der Waals surface area (Å²) in [6.45, 7) is 7.60. The lowest BCUT2D eigenvalue weighted by Gasteiger charge is -2.62. The van der Waals surface area contributed by atoms with Crippen LogP contribution in [0.1, 0.15) is 86.0 Å². The summed E-state index contributed by atoms with van der Waals surface area (Å²) in [4.78, 5) is 23.2. The van der Waals surface area contributed by atoms with Crippen LogP contribution in [-0.2, 0) is 43.2 Å². The number of aliphatic hydroxyl groups excluding tert-OH is 1. The second-order valence-corrected chi connectivity index (χ2v) is 16.3. The average molecular weight is 739 g/mol. The van der Waals surface area contributed by atoms with Gasteiger partial charge in [-0.15, -0.1) is 0 Å². The lowest BCUT2D eigenvalue weighted by molar-refractivity contribution is -0.598. The van der Waals surface area contributed by atoms with Gasteiger partial charge in [-0.25, -0.2) is 19.6 Å². The van der Waals surface area contributed by atoms with E-state index in [4.69, 9.17) is 43.2 Å². The van der Waals surface area contributed by atoms with Gasteiger partial charge in [0.2, 0.25) is 23.6 Å². The normalized spacial score (nSPS) is 50.9. The molecule has 10 rings (SSSR count). The van der Waals surface area contributed by atoms with E-state index in [-0.39, 0.29) is 30.1 Å². The molecule has 2 saturated carbocycles. The molecule has 5 unspecified atom stereocenters. The van der Waals surface area contributed by atoms with Crippen molar-refractivity contribution < 1.29 is 74.7 Å². The van der Waals surface area contributed by atoms with Crippen LogP contribution in [0.15, 0.2) is 11.3 Å². The van der Waals surface area contributed by atoms with Crippen molar-refractivity contribution in [2.75, 3.05) is 6.61 Å². The maximum atomic E-state index is 15.2. The second-order valence-electron chi connectivity index (χ2n) is 16.3. The third-order valence-corrected chi connectivity index (χ3v) is 13.4. The lowest BCUT2D eigenvalue weighted by atomic mass is 9.57. The molecule has 9 fully saturated rings. The monoisotopic (exact) mass is 738 g/mol. The minimum absolute atomic E-state index is 0.00959. The number of aliphatic hydroxyl groups is 1. The van der Waals surface area contributed by atoms with Crippen molar-refractivity contribution >= 4 is 0 Å². The van der Waals surface area contributed by atoms with E-state index in [2.05, 4.69) is 11.8 Å². The Kier molecular flexibility index (Phi) is 8.30. The van der Waals surface area contributed by atoms with E-state index in [0.717, 1.165) is 0 Å². The quantitative estimate of drug-likeness (QED) is 0.194. The highest BCUT2D eigenvalue weighted by Crippen LogP contribution is 2.65. The Morgan fingerprint density at radius 3 is 1.98 bits per heavy atom. The van der Waals surface area contributed by atoms with Gasteiger partial charge in [-0.05, 0) is 70.1 Å². The van der Waals surface area contributed by atoms with Crippen molar-refractivity contribution in [1.82, 2.24) is 0 Å². The fourth-order valence-corrected chi connectivity index (χ4v) is 10.8. The van der Waals surface area contributed by atoms with Crippen LogP contribution in [0.2, 0.25) is 0 Å². The van der Waals surface area contributed by atoms with Crippen molar-refractivity contribution in [3.8, 4) is 11.8 Å². The van der Waals surface area contributed by atoms with Gasteiger partial charge in [0.05, 0.1) is 0 Å². The maximum absolute atomic E-state index is 15.2. The van der Waals surface area contributed by atoms with Gasteiger partial charge in [-0.2, -0.15) is 26.3 Å². The van der Waals surface area contributed by atoms with Gasteiger partial charge >= 0.3 is 12.4 Å². The first-order valence-corrected chi connectivity index (χ1v) is 17.9. The molecular formula is C35H44F6O10. The first kappa shape index (κ1) is 36.3. The van der Waals surface area contributed by atoms with Crippen LogP contribution in [0.3, 0.4) is 0 Å². The Balaban J connectivity index is 1.10. The van der Waals surface area contributed by atoms with Gasteiger partial charge in [0.25, 0.3) is 5.79 Å². The van der Waals surface area contributed by atoms with E-state index in [1.165, 1.54) is 6.92 Å². The predicted molar refractivity (Wildman–Crippen MR) is 159 cm³/mol. The molecule has 10 nitrogen and oxygen atoms in total. The molecule has 16 heteroatoms. The number of ether oxygens (including phenoxy) is 5. The Hall–Kier alpha value is -1.68. The number of halogens is 6. The van der Waals surface area contributed by atoms with Crippen LogP contribution >= 0.6 is 0 Å². The molecule has 51 heavy (non-hydrogen) atoms. The van der Waals surface area contributed by atoms with Crippen molar-refractivity contribution in [2.24, 2.45) is 41.4 Å². The summed E-state index contributed by atoms with van der Waals surface area (Å²) in [5.41, 5.74) is -3.38. The lowest BCUT2D eigenvalue weighted by Crippen LogP contribution is -2.76. The number of alkyl halides is 6. The minimum atomic E-state index is -5.08. The highest BCUT2D eigenvalue weighted by Gasteiger charge is 2.77. The van der Waals surface area contributed by atoms with Crippen molar-refractivity contribution in [3.05, 3.63) is 11.3 Å². The van der Waals surface area contributed by atoms with E-state index < -0.39 is 95.3 Å². The molecule has 0 radical (unpaired) electrons. The van der Waals surface area contributed by atoms with Gasteiger partial charge in [-0.1, -0.05) is 32.6 Å². The Morgan fingerprint density at radius 1 is 0.765 bits per heavy atom. The molecule has 2 spiro atoms. The number of hydrogen-bond acceptors (Lipinski definition) is 10. The minimum Gasteiger partial charge on any atom is -0.456 e. The molecule has 8 heterocycles. The van der Waals surface area contributed by atoms with Crippen LogP contribution in [0, 0.1) is 53.3 Å². The van der Waals surface area contributed by atoms with Gasteiger partial charge in [0, 0.05) is 42.1 Å². The van der Waals surface area contributed by atoms with Gasteiger partial charge in [-0.3, -0.25) is 0 Å². The highest BCUT2D eigenvalue weighted by molar-refractivity contribution is 5.35. The molecule has 0 aromatic rings. The van der Waals surface area contributed by atoms with E-state index in [1.807, 2.05) is 13.8 Å². The van der Waals surface area contributed by atoms with Gasteiger partial charge in [0.1, 0.15) is 12.7 Å². The van der Waals surface area contributed by atoms with Crippen LogP contribution in [-0.4, -0.2) is 71.3 Å². The zero-order chi connectivity index (χ0) is 36.6. The molecule has 7 saturated heterocycles. The van der Waals surface area contributed by atoms with Crippen molar-refractivity contribution in [2.45, 2.75) is 146 Å². The summed E-state index contributed by atoms with van der Waals surface area (Å²) in [5.74, 6) is -6.21. The molecule has 1 N–H and O–H groups in total. The third-order valence-electron chi connectivity index (χ3n) is 13.4. The molecule has 8 aliphatic heterocycles. The molecule has 15 atom stereocenters. The standard InChI is InChI=1S/C35H44F6O10/c1-17-8-10-22-19(3)33(35(39,40)41,47-28-31(22)20(17)12-15-30(5,46-28)49-50-31)43-16-6-7-24(42)25-23-11-9-18(2)21-13-14-29(4)45-27(32(21,23)51-48-29)44-26(25)34(36,37)38/h17-24,27-28,42H,8-16H2,1-5H3/t17-,18-,19-,20?,21?,22+,23+,24?,27-,28+,29+,30+,31?,32?,33-/m1/s1. The van der Waals surface area contributed by atoms with Crippen LogP contribution in [0.5, 0.6) is 0 Å². The Labute approximate surface area is 291 Å². The summed E-state index contributed by atoms with van der Waals surface area (Å²) in [7, 11) is 0. The third kappa shape index (κ3) is 5.12. The maximum Gasteiger partial charge on any atom is 0.449 e. The van der Waals surface area contributed by atoms with Crippen LogP contribution < -0.4 is 0 Å². The van der Waals surface area contributed by atoms with E-state index in [9.17, 15) is 18.3 Å². The predicted octanol–water partition coefficient (Wildman–Crippen LogP) is 6.57. The molecular weight excluding hydrogens is 694 g/mol. The molecule has 286 valence electrons. The summed E-state index contributed by atoms with van der Waals surface area (Å²) in [6, 6.07) is 0. The van der Waals surface area contributed by atoms with E-state index in [0.29, 0.717) is 44.9 Å². The molecule has 10 aliphatic rings. The number of rotatable bonds is 3. The molecule has 0 amide bonds. The molecule has 0 aromatic carbocycles. The average Bonchev–Trinajstić information content (AvgIpc) is 3.42. The van der Waals surface area contributed by atoms with E-state index >= 15 is 13.2 Å². The fraction of sp³-hybridized carbons (Fsp3) is 0.886. The van der Waals surface area contributed by atoms with Crippen LogP contribution in [0.25, 0.3) is 0 Å². The van der Waals surface area contributed by atoms with Crippen LogP contribution in [0.4, 0.5) is 26.3 Å². The summed E-state index contributed by atoms with van der Waals surface area (Å²) in [6.07, 6.45) is -11.6. The summed E-state index contributed by atoms with van der Waals surface area (Å²) in [5, 5.41) is 11.4. The van der Waals surface area contributed by atoms with E-state index in [1.54, 1.807) is 13.8 Å². The molecule has 4 bridgehead atoms. The zero-order valence-electron chi connectivity index (χ0n) is 29.0. The zero-order valence-corrected chi connectivity index (χ0v) is 29.0. The SMILES string of the molecule is C[C@@H]1CC[C@H]2C(C(O)C#CCO[C@@]3(C(F)(F)F)O[C@@H]4O[C@]5(C)CCC6[C@H](C)CC[C@@H]([C@H]3C)C64OO5)=C(C(F)(F)F)O[C@@H]3O[C@]4(C)CCC1C32OO4. The first-order chi connectivity index (χ1) is 23.8. The molecule has 2 aliphatic carbocycles. The fourth-order valence-electron chi connectivity index (χ4n) is 10.8. The summed E-state index contributed by atoms with van der Waals surface area (Å²) < 4.78 is 118. The topological polar surface area (TPSA) is 103 Å². The highest BCUT2D eigenvalue weighted by atomic mass is 19.4. The number of hydrogen-bond donors (Lipinski definition) is 1. The largest absolute Gasteiger partial charge is 0.456 e. The second kappa shape index (κ2) is 11.7. The smallest absolute Gasteiger partial charge is 0.449 e. The Bertz CT molecular complexity index is 1510. The van der Waals surface area contributed by atoms with Crippen molar-refractivity contribution in [3.63, 3.8) is 0 Å². The number of fused-ring (bicyclic) bond motifs is 4. The van der Waals surface area contributed by atoms with Gasteiger partial charge in [0.15, 0.2) is 17.5 Å². The first-order valence-electron chi connectivity index (χ1n) is 17.9. The van der Waals surface area contributed by atoms with Gasteiger partial charge < -0.3 is 28.8 Å². The Morgan fingerprint density at radius 2 is 1.35 bits per heavy atom.